The van der Waals surface area contributed by atoms with E-state index in [1.165, 1.54) is 0 Å². The Morgan fingerprint density at radius 3 is 2.42 bits per heavy atom. The van der Waals surface area contributed by atoms with Crippen LogP contribution in [0.1, 0.15) is 121 Å². The molecule has 1 aromatic carbocycles. The lowest BCUT2D eigenvalue weighted by Gasteiger charge is -2.56. The summed E-state index contributed by atoms with van der Waals surface area (Å²) in [5.74, 6) is -4.31. The van der Waals surface area contributed by atoms with E-state index in [1.807, 2.05) is 13.0 Å². The van der Waals surface area contributed by atoms with E-state index in [2.05, 4.69) is 11.8 Å². The smallest absolute Gasteiger partial charge is 0.453 e. The van der Waals surface area contributed by atoms with E-state index in [-0.39, 0.29) is 35.8 Å². The summed E-state index contributed by atoms with van der Waals surface area (Å²) in [6.07, 6.45) is 2.67. The standard InChI is InChI=1S/C35H50ClF6NO2/c1-32-21-27(37)30-24-13-14-28(44)31(36)25(24)20-22(29(30)26(32)15-17-33(32,2)45)10-5-4-8-18-43-19-9-12-23(43)11-6-3-7-16-34(38,39)35(40,41)42/h13-14,22-23,26-27,29-30,44-45H,3-12,15-21H2,1-2H3/t22?,23-,26+,27?,29+,30+,32+,33-/m1/s1. The summed E-state index contributed by atoms with van der Waals surface area (Å²) in [5.41, 5.74) is 0.425. The van der Waals surface area contributed by atoms with Gasteiger partial charge in [0.1, 0.15) is 11.9 Å². The minimum atomic E-state index is -5.47. The van der Waals surface area contributed by atoms with Gasteiger partial charge in [0, 0.05) is 23.8 Å². The third kappa shape index (κ3) is 6.88. The van der Waals surface area contributed by atoms with E-state index in [1.54, 1.807) is 6.07 Å². The molecule has 2 saturated carbocycles. The summed E-state index contributed by atoms with van der Waals surface area (Å²) in [5, 5.41) is 22.0. The molecule has 3 fully saturated rings. The number of rotatable bonds is 12. The van der Waals surface area contributed by atoms with Crippen LogP contribution in [0.3, 0.4) is 0 Å². The second kappa shape index (κ2) is 13.4. The second-order valence-electron chi connectivity index (χ2n) is 15.1. The zero-order valence-electron chi connectivity index (χ0n) is 26.6. The van der Waals surface area contributed by atoms with Gasteiger partial charge < -0.3 is 15.1 Å². The van der Waals surface area contributed by atoms with Gasteiger partial charge in [0.05, 0.1) is 10.6 Å². The highest BCUT2D eigenvalue weighted by Gasteiger charge is 2.64. The van der Waals surface area contributed by atoms with Gasteiger partial charge in [0.25, 0.3) is 0 Å². The molecule has 0 aromatic heterocycles. The molecule has 1 aliphatic heterocycles. The van der Waals surface area contributed by atoms with Crippen LogP contribution in [-0.2, 0) is 6.42 Å². The quantitative estimate of drug-likeness (QED) is 0.173. The summed E-state index contributed by atoms with van der Waals surface area (Å²) in [6.45, 7) is 5.87. The Bertz CT molecular complexity index is 1180. The lowest BCUT2D eigenvalue weighted by Crippen LogP contribution is -2.55. The lowest BCUT2D eigenvalue weighted by molar-refractivity contribution is -0.284. The number of alkyl halides is 6. The minimum Gasteiger partial charge on any atom is -0.506 e. The van der Waals surface area contributed by atoms with Gasteiger partial charge in [-0.25, -0.2) is 4.39 Å². The molecule has 0 radical (unpaired) electrons. The molecule has 1 heterocycles. The average Bonchev–Trinajstić information content (AvgIpc) is 3.49. The maximum atomic E-state index is 16.2. The number of hydrogen-bond donors (Lipinski definition) is 2. The van der Waals surface area contributed by atoms with Crippen LogP contribution in [0.2, 0.25) is 5.02 Å². The molecule has 0 bridgehead atoms. The van der Waals surface area contributed by atoms with Crippen molar-refractivity contribution in [1.29, 1.82) is 0 Å². The number of hydrogen-bond acceptors (Lipinski definition) is 3. The van der Waals surface area contributed by atoms with Gasteiger partial charge in [-0.15, -0.1) is 0 Å². The van der Waals surface area contributed by atoms with Crippen LogP contribution in [0.25, 0.3) is 0 Å². The summed E-state index contributed by atoms with van der Waals surface area (Å²) in [6, 6.07) is 3.80. The number of unbranched alkanes of at least 4 members (excludes halogenated alkanes) is 4. The Kier molecular flexibility index (Phi) is 10.4. The van der Waals surface area contributed by atoms with E-state index in [0.717, 1.165) is 75.6 Å². The lowest BCUT2D eigenvalue weighted by atomic mass is 9.50. The van der Waals surface area contributed by atoms with E-state index < -0.39 is 35.7 Å². The van der Waals surface area contributed by atoms with Gasteiger partial charge >= 0.3 is 12.1 Å². The third-order valence-corrected chi connectivity index (χ3v) is 12.9. The van der Waals surface area contributed by atoms with Crippen molar-refractivity contribution in [3.05, 3.63) is 28.3 Å². The molecule has 45 heavy (non-hydrogen) atoms. The first-order valence-electron chi connectivity index (χ1n) is 17.1. The van der Waals surface area contributed by atoms with Crippen molar-refractivity contribution >= 4 is 11.6 Å². The fourth-order valence-corrected chi connectivity index (χ4v) is 10.0. The summed E-state index contributed by atoms with van der Waals surface area (Å²) < 4.78 is 79.7. The Morgan fingerprint density at radius 1 is 0.978 bits per heavy atom. The molecule has 1 saturated heterocycles. The number of nitrogens with zero attached hydrogens (tertiary/aromatic N) is 1. The van der Waals surface area contributed by atoms with Gasteiger partial charge in [-0.05, 0) is 119 Å². The average molecular weight is 666 g/mol. The first kappa shape index (κ1) is 35.1. The predicted molar refractivity (Wildman–Crippen MR) is 165 cm³/mol. The maximum absolute atomic E-state index is 16.2. The Hall–Kier alpha value is -1.19. The van der Waals surface area contributed by atoms with E-state index in [0.29, 0.717) is 43.2 Å². The molecular formula is C35H50ClF6NO2. The predicted octanol–water partition coefficient (Wildman–Crippen LogP) is 10.00. The highest BCUT2D eigenvalue weighted by molar-refractivity contribution is 6.32. The molecule has 4 aliphatic rings. The van der Waals surface area contributed by atoms with Gasteiger partial charge in [0.2, 0.25) is 0 Å². The van der Waals surface area contributed by atoms with Crippen molar-refractivity contribution in [1.82, 2.24) is 4.90 Å². The van der Waals surface area contributed by atoms with Crippen LogP contribution in [0.5, 0.6) is 5.75 Å². The molecule has 0 spiro atoms. The molecule has 2 unspecified atom stereocenters. The fraction of sp³-hybridized carbons (Fsp3) is 0.829. The first-order valence-corrected chi connectivity index (χ1v) is 17.5. The molecule has 5 rings (SSSR count). The molecule has 2 N–H and O–H groups in total. The largest absolute Gasteiger partial charge is 0.506 e. The Labute approximate surface area is 269 Å². The number of aromatic hydroxyl groups is 1. The number of benzene rings is 1. The third-order valence-electron chi connectivity index (χ3n) is 12.5. The van der Waals surface area contributed by atoms with Crippen molar-refractivity contribution in [3.8, 4) is 5.75 Å². The van der Waals surface area contributed by atoms with Crippen LogP contribution in [0.4, 0.5) is 26.3 Å². The molecule has 10 heteroatoms. The number of fused-ring (bicyclic) bond motifs is 5. The van der Waals surface area contributed by atoms with Crippen LogP contribution in [0, 0.1) is 23.2 Å². The van der Waals surface area contributed by atoms with Crippen LogP contribution < -0.4 is 0 Å². The molecule has 8 atom stereocenters. The fourth-order valence-electron chi connectivity index (χ4n) is 9.77. The van der Waals surface area contributed by atoms with Gasteiger partial charge in [-0.2, -0.15) is 22.0 Å². The van der Waals surface area contributed by atoms with Crippen molar-refractivity contribution in [2.24, 2.45) is 23.2 Å². The maximum Gasteiger partial charge on any atom is 0.453 e. The molecule has 0 amide bonds. The Morgan fingerprint density at radius 2 is 1.69 bits per heavy atom. The molecule has 3 aliphatic carbocycles. The van der Waals surface area contributed by atoms with Crippen LogP contribution in [-0.4, -0.2) is 58.1 Å². The van der Waals surface area contributed by atoms with Crippen LogP contribution in [0.15, 0.2) is 12.1 Å². The van der Waals surface area contributed by atoms with Crippen molar-refractivity contribution in [2.75, 3.05) is 13.1 Å². The zero-order chi connectivity index (χ0) is 32.8. The van der Waals surface area contributed by atoms with Gasteiger partial charge in [-0.1, -0.05) is 50.3 Å². The number of likely N-dealkylation sites (tertiary alicyclic amines) is 1. The van der Waals surface area contributed by atoms with Crippen molar-refractivity contribution in [3.63, 3.8) is 0 Å². The zero-order valence-corrected chi connectivity index (χ0v) is 27.4. The normalized spacial score (nSPS) is 35.3. The van der Waals surface area contributed by atoms with Crippen LogP contribution >= 0.6 is 11.6 Å². The van der Waals surface area contributed by atoms with Gasteiger partial charge in [-0.3, -0.25) is 0 Å². The first-order chi connectivity index (χ1) is 21.1. The topological polar surface area (TPSA) is 43.7 Å². The summed E-state index contributed by atoms with van der Waals surface area (Å²) >= 11 is 6.60. The van der Waals surface area contributed by atoms with E-state index in [4.69, 9.17) is 11.6 Å². The Balaban J connectivity index is 1.14. The molecule has 3 nitrogen and oxygen atoms in total. The monoisotopic (exact) mass is 665 g/mol. The molecule has 256 valence electrons. The number of phenolic OH excluding ortho intramolecular Hbond substituents is 1. The molecular weight excluding hydrogens is 616 g/mol. The van der Waals surface area contributed by atoms with Gasteiger partial charge in [0.15, 0.2) is 0 Å². The summed E-state index contributed by atoms with van der Waals surface area (Å²) in [7, 11) is 0. The highest BCUT2D eigenvalue weighted by atomic mass is 35.5. The highest BCUT2D eigenvalue weighted by Crippen LogP contribution is 2.66. The van der Waals surface area contributed by atoms with Crippen molar-refractivity contribution in [2.45, 2.75) is 146 Å². The van der Waals surface area contributed by atoms with E-state index >= 15 is 4.39 Å². The van der Waals surface area contributed by atoms with E-state index in [9.17, 15) is 32.2 Å². The number of aliphatic hydroxyl groups is 1. The number of halogens is 7. The second-order valence-corrected chi connectivity index (χ2v) is 15.5. The molecule has 1 aromatic rings. The van der Waals surface area contributed by atoms with Crippen molar-refractivity contribution < 1.29 is 36.6 Å². The summed E-state index contributed by atoms with van der Waals surface area (Å²) in [4.78, 5) is 2.45. The minimum absolute atomic E-state index is 0.0342. The number of phenols is 1. The SMILES string of the molecule is C[C@]12CC(F)[C@@H]3c4ccc(O)c(Cl)c4CC(CCCCCN4CCC[C@H]4CCCCCC(F)(F)C(F)(F)F)[C@H]3[C@@H]1CC[C@@]2(C)O.